The van der Waals surface area contributed by atoms with Crippen LogP contribution >= 0.6 is 0 Å². The summed E-state index contributed by atoms with van der Waals surface area (Å²) < 4.78 is 63.0. The highest BCUT2D eigenvalue weighted by Crippen LogP contribution is 2.41. The second kappa shape index (κ2) is 31.4. The molecule has 514 valence electrons. The van der Waals surface area contributed by atoms with E-state index in [-0.39, 0.29) is 0 Å². The molecule has 6 fully saturated rings. The van der Waals surface area contributed by atoms with Crippen molar-refractivity contribution in [2.45, 2.75) is 222 Å². The minimum absolute atomic E-state index is 0.852. The molecule has 0 aliphatic carbocycles. The summed E-state index contributed by atoms with van der Waals surface area (Å²) in [6.45, 7) is -6.73. The van der Waals surface area contributed by atoms with Crippen molar-refractivity contribution in [2.24, 2.45) is 0 Å². The van der Waals surface area contributed by atoms with Crippen molar-refractivity contribution in [3.63, 3.8) is 0 Å². The van der Waals surface area contributed by atoms with Crippen LogP contribution in [0.25, 0.3) is 0 Å². The molecule has 6 aliphatic heterocycles. The van der Waals surface area contributed by atoms with Gasteiger partial charge in [-0.3, -0.25) is 14.4 Å². The number of rotatable bonds is 26. The third-order valence-electron chi connectivity index (χ3n) is 15.7. The first kappa shape index (κ1) is 74.2. The van der Waals surface area contributed by atoms with Crippen LogP contribution in [0.1, 0.15) is 26.7 Å². The second-order valence-electron chi connectivity index (χ2n) is 21.9. The van der Waals surface area contributed by atoms with Gasteiger partial charge in [-0.15, -0.1) is 0 Å². The zero-order chi connectivity index (χ0) is 66.5. The highest BCUT2D eigenvalue weighted by atomic mass is 16.8. The molecular weight excluding hydrogens is 1230 g/mol. The Morgan fingerprint density at radius 1 is 0.483 bits per heavy atom. The number of carboxylic acids is 2. The average Bonchev–Trinajstić information content (AvgIpc) is 1.61. The number of aliphatic hydroxyl groups is 20. The summed E-state index contributed by atoms with van der Waals surface area (Å²) in [7, 11) is 0. The molecule has 0 aromatic carbocycles. The fourth-order valence-corrected chi connectivity index (χ4v) is 11.0. The van der Waals surface area contributed by atoms with Crippen LogP contribution in [-0.2, 0) is 76.1 Å². The maximum Gasteiger partial charge on any atom is 0.364 e. The quantitative estimate of drug-likeness (QED) is 0.0382. The molecule has 6 rings (SSSR count). The lowest BCUT2D eigenvalue weighted by molar-refractivity contribution is -0.390. The van der Waals surface area contributed by atoms with Gasteiger partial charge in [0.15, 0.2) is 25.2 Å². The summed E-state index contributed by atoms with van der Waals surface area (Å²) in [6, 6.07) is -5.77. The molecule has 41 nitrogen and oxygen atoms in total. The molecule has 0 aromatic rings. The molecule has 3 amide bonds. The fraction of sp³-hybridized carbons (Fsp3) is 0.896. The molecule has 0 unspecified atom stereocenters. The van der Waals surface area contributed by atoms with Crippen LogP contribution in [-0.4, -0.2) is 384 Å². The molecule has 0 spiro atoms. The summed E-state index contributed by atoms with van der Waals surface area (Å²) in [5, 5.41) is 243. The van der Waals surface area contributed by atoms with E-state index in [1.165, 1.54) is 0 Å². The van der Waals surface area contributed by atoms with Crippen LogP contribution in [0.4, 0.5) is 0 Å². The number of hydrogen-bond donors (Lipinski definition) is 25. The molecule has 0 radical (unpaired) electrons. The highest BCUT2D eigenvalue weighted by molar-refractivity contribution is 5.78. The largest absolute Gasteiger partial charge is 0.477 e. The molecule has 0 saturated carbocycles. The molecule has 6 aliphatic rings. The Hall–Kier alpha value is -3.89. The van der Waals surface area contributed by atoms with E-state index in [4.69, 9.17) is 52.1 Å². The summed E-state index contributed by atoms with van der Waals surface area (Å²) in [4.78, 5) is 64.2. The summed E-state index contributed by atoms with van der Waals surface area (Å²) in [5.74, 6) is -14.1. The van der Waals surface area contributed by atoms with Gasteiger partial charge in [0, 0.05) is 26.7 Å². The van der Waals surface area contributed by atoms with E-state index in [1.54, 1.807) is 0 Å². The van der Waals surface area contributed by atoms with Gasteiger partial charge >= 0.3 is 11.9 Å². The molecule has 6 heterocycles. The number of aliphatic hydroxyl groups excluding tert-OH is 20. The second-order valence-corrected chi connectivity index (χ2v) is 21.9. The number of aliphatic carboxylic acids is 2. The van der Waals surface area contributed by atoms with Crippen molar-refractivity contribution in [1.29, 1.82) is 0 Å². The van der Waals surface area contributed by atoms with Gasteiger partial charge < -0.3 is 180 Å². The zero-order valence-corrected chi connectivity index (χ0v) is 47.1. The number of carbonyl (C=O) groups is 5. The van der Waals surface area contributed by atoms with Crippen LogP contribution in [0.5, 0.6) is 0 Å². The van der Waals surface area contributed by atoms with Crippen molar-refractivity contribution in [1.82, 2.24) is 16.0 Å². The van der Waals surface area contributed by atoms with Crippen LogP contribution in [0.3, 0.4) is 0 Å². The zero-order valence-electron chi connectivity index (χ0n) is 47.1. The highest BCUT2D eigenvalue weighted by Gasteiger charge is 2.63. The van der Waals surface area contributed by atoms with Crippen LogP contribution < -0.4 is 16.0 Å². The first-order valence-corrected chi connectivity index (χ1v) is 27.5. The normalized spacial score (nSPS) is 44.2. The summed E-state index contributed by atoms with van der Waals surface area (Å²) >= 11 is 0. The van der Waals surface area contributed by atoms with Crippen molar-refractivity contribution in [3.8, 4) is 0 Å². The smallest absolute Gasteiger partial charge is 0.364 e. The SMILES string of the molecule is CC(=O)N[C@H]1[C@H](O[C@@H]2[C@@H](O)[C@@H](O)[C@H](O[C@H]3[C@H](O)[C@@H](O)[C@H](O)O[C@@H]3CO)O[C@@H]2CO)O[C@H](CO[C@]2(C(=O)O)C[C@H](O)[C@@H](NC(=O)CO)[C@H]([C@H](O)[C@H](O)CO)O2)[C@H](O)[C@@H]1O[C@@H]1O[C@H](CO)[C@H](O)[C@H](O[C@]2(C(=O)O)C[C@H](O)[C@@H](NC(C)=O)[C@H]([C@H](O)[C@H](O)CO)O2)[C@H]1O. The van der Waals surface area contributed by atoms with E-state index in [0.717, 1.165) is 13.8 Å². The predicted molar refractivity (Wildman–Crippen MR) is 270 cm³/mol. The lowest BCUT2D eigenvalue weighted by Gasteiger charge is -2.52. The molecule has 89 heavy (non-hydrogen) atoms. The van der Waals surface area contributed by atoms with E-state index < -0.39 is 284 Å². The Morgan fingerprint density at radius 2 is 0.910 bits per heavy atom. The third-order valence-corrected chi connectivity index (χ3v) is 15.7. The van der Waals surface area contributed by atoms with Crippen LogP contribution in [0, 0.1) is 0 Å². The summed E-state index contributed by atoms with van der Waals surface area (Å²) in [6.07, 6.45) is -62.4. The predicted octanol–water partition coefficient (Wildman–Crippen LogP) is -16.3. The summed E-state index contributed by atoms with van der Waals surface area (Å²) in [5.41, 5.74) is 0. The van der Waals surface area contributed by atoms with Gasteiger partial charge in [-0.25, -0.2) is 9.59 Å². The maximum absolute atomic E-state index is 13.3. The van der Waals surface area contributed by atoms with E-state index in [2.05, 4.69) is 16.0 Å². The van der Waals surface area contributed by atoms with Crippen molar-refractivity contribution in [2.75, 3.05) is 46.2 Å². The minimum atomic E-state index is -3.35. The van der Waals surface area contributed by atoms with Gasteiger partial charge in [0.25, 0.3) is 11.6 Å². The molecule has 0 aromatic heterocycles. The Morgan fingerprint density at radius 3 is 1.42 bits per heavy atom. The monoisotopic (exact) mass is 1310 g/mol. The lowest BCUT2D eigenvalue weighted by atomic mass is 9.88. The van der Waals surface area contributed by atoms with Crippen LogP contribution in [0.2, 0.25) is 0 Å². The fourth-order valence-electron chi connectivity index (χ4n) is 11.0. The van der Waals surface area contributed by atoms with Gasteiger partial charge in [0.05, 0.1) is 63.9 Å². The van der Waals surface area contributed by atoms with Gasteiger partial charge in [-0.05, 0) is 0 Å². The number of amides is 3. The number of carboxylic acid groups (broad SMARTS) is 2. The van der Waals surface area contributed by atoms with E-state index >= 15 is 0 Å². The van der Waals surface area contributed by atoms with E-state index in [9.17, 15) is 136 Å². The molecular formula is C48H79N3O38. The van der Waals surface area contributed by atoms with Crippen molar-refractivity contribution < 1.29 is 188 Å². The van der Waals surface area contributed by atoms with Crippen LogP contribution in [0.15, 0.2) is 0 Å². The van der Waals surface area contributed by atoms with Gasteiger partial charge in [-0.1, -0.05) is 0 Å². The lowest BCUT2D eigenvalue weighted by Crippen LogP contribution is -2.72. The van der Waals surface area contributed by atoms with Gasteiger partial charge in [-0.2, -0.15) is 0 Å². The number of nitrogens with one attached hydrogen (secondary N) is 3. The van der Waals surface area contributed by atoms with Gasteiger partial charge in [0.1, 0.15) is 141 Å². The Labute approximate surface area is 501 Å². The Balaban J connectivity index is 1.41. The Kier molecular flexibility index (Phi) is 26.1. The number of hydrogen-bond acceptors (Lipinski definition) is 36. The first-order chi connectivity index (χ1) is 41.8. The molecule has 0 bridgehead atoms. The van der Waals surface area contributed by atoms with Gasteiger partial charge in [0.2, 0.25) is 17.7 Å². The van der Waals surface area contributed by atoms with Crippen molar-refractivity contribution >= 4 is 29.7 Å². The third kappa shape index (κ3) is 16.2. The molecule has 25 N–H and O–H groups in total. The first-order valence-electron chi connectivity index (χ1n) is 27.5. The molecule has 32 atom stereocenters. The molecule has 41 heteroatoms. The number of carbonyl (C=O) groups excluding carboxylic acids is 3. The molecule has 6 saturated heterocycles. The average molecular weight is 1310 g/mol. The van der Waals surface area contributed by atoms with E-state index in [0.29, 0.717) is 0 Å². The van der Waals surface area contributed by atoms with Crippen molar-refractivity contribution in [3.05, 3.63) is 0 Å². The maximum atomic E-state index is 13.3. The van der Waals surface area contributed by atoms with E-state index in [1.807, 2.05) is 0 Å². The Bertz CT molecular complexity index is 2340. The number of ether oxygens (including phenoxy) is 11. The minimum Gasteiger partial charge on any atom is -0.477 e. The standard InChI is InChI=1S/C48H79N3O38/c1-12(58)49-23-15(61)4-48(46(77)78,88-38(23)26(65)16(62)5-52)89-40-28(67)18(7-54)81-44(34(40)73)86-37-25(50-13(2)59)42(84-36-20(9-56)82-43(33(72)31(36)70)85-35-19(8-55)80-41(74)32(71)30(35)69)83-21(29(37)68)11-79-47(45(75)76)3-14(60)24(51-22(64)10-57)39(87-47)27(66)17(63)6-53/h14-21,23-44,52-57,60-63,65-74H,3-11H2,1-2H3,(H,49,58)(H,50,59)(H,51,64)(H,75,76)(H,77,78)/t14-,15-,16+,17+,18+,19+,20+,21+,23+,24+,25+,26+,27+,28-,29-,30+,31-,32+,33+,34+,35+,36-,37+,38+,39+,40-,41+,42-,43-,44-,47+,48-/m0/s1. The topological polar surface area (TPSA) is 668 Å².